The molecule has 0 bridgehead atoms. The van der Waals surface area contributed by atoms with Gasteiger partial charge in [0, 0.05) is 39.7 Å². The molecule has 1 fully saturated rings. The van der Waals surface area contributed by atoms with Crippen molar-refractivity contribution in [2.45, 2.75) is 51.8 Å². The van der Waals surface area contributed by atoms with Crippen LogP contribution in [-0.4, -0.2) is 24.7 Å². The standard InChI is InChI=1S/C31H32Cl2N2O3/c1-5-37-28-17-21(7-11-27(28)38-19-22-8-9-23(32)18-25(22)33)12-14-31-30(3,4)24-16-20(2)6-10-26(24)35(31)15-13-29(36)34-31/h6-12,14,16-18H,5,13,15,19H2,1-4H3,(H,34,36). The number of amides is 1. The molecule has 2 heterocycles. The third kappa shape index (κ3) is 4.63. The number of benzene rings is 3. The van der Waals surface area contributed by atoms with Crippen LogP contribution in [0.4, 0.5) is 5.69 Å². The molecule has 0 spiro atoms. The molecule has 1 unspecified atom stereocenters. The first kappa shape index (κ1) is 26.5. The normalized spacial score (nSPS) is 19.7. The van der Waals surface area contributed by atoms with Gasteiger partial charge in [-0.2, -0.15) is 0 Å². The summed E-state index contributed by atoms with van der Waals surface area (Å²) in [7, 11) is 0. The molecule has 7 heteroatoms. The highest BCUT2D eigenvalue weighted by Gasteiger charge is 2.57. The summed E-state index contributed by atoms with van der Waals surface area (Å²) in [4.78, 5) is 15.0. The number of nitrogens with zero attached hydrogens (tertiary/aromatic N) is 1. The molecule has 1 N–H and O–H groups in total. The number of carbonyl (C=O) groups excluding carboxylic acids is 1. The van der Waals surface area contributed by atoms with E-state index in [4.69, 9.17) is 32.7 Å². The van der Waals surface area contributed by atoms with Gasteiger partial charge in [-0.15, -0.1) is 0 Å². The van der Waals surface area contributed by atoms with Crippen LogP contribution in [0.3, 0.4) is 0 Å². The van der Waals surface area contributed by atoms with Crippen molar-refractivity contribution in [2.24, 2.45) is 0 Å². The zero-order chi connectivity index (χ0) is 27.1. The predicted octanol–water partition coefficient (Wildman–Crippen LogP) is 7.31. The van der Waals surface area contributed by atoms with E-state index in [9.17, 15) is 4.79 Å². The molecule has 1 atom stereocenters. The number of aryl methyl sites for hydroxylation is 1. The van der Waals surface area contributed by atoms with Crippen molar-refractivity contribution in [3.05, 3.63) is 93.0 Å². The lowest BCUT2D eigenvalue weighted by Crippen LogP contribution is -2.68. The Hall–Kier alpha value is -3.15. The van der Waals surface area contributed by atoms with Gasteiger partial charge in [0.05, 0.1) is 6.61 Å². The molecule has 1 amide bonds. The average Bonchev–Trinajstić information content (AvgIpc) is 3.06. The molecule has 2 aliphatic heterocycles. The second-order valence-electron chi connectivity index (χ2n) is 10.4. The molecule has 0 saturated carbocycles. The molecular weight excluding hydrogens is 519 g/mol. The predicted molar refractivity (Wildman–Crippen MR) is 154 cm³/mol. The number of fused-ring (bicyclic) bond motifs is 3. The third-order valence-electron chi connectivity index (χ3n) is 7.57. The molecule has 5 nitrogen and oxygen atoms in total. The van der Waals surface area contributed by atoms with Crippen LogP contribution in [-0.2, 0) is 16.8 Å². The number of hydrogen-bond donors (Lipinski definition) is 1. The monoisotopic (exact) mass is 550 g/mol. The molecule has 5 rings (SSSR count). The summed E-state index contributed by atoms with van der Waals surface area (Å²) in [5.74, 6) is 1.33. The van der Waals surface area contributed by atoms with Gasteiger partial charge in [-0.05, 0) is 61.4 Å². The first-order valence-electron chi connectivity index (χ1n) is 12.9. The Balaban J connectivity index is 1.45. The number of rotatable bonds is 7. The van der Waals surface area contributed by atoms with E-state index < -0.39 is 5.66 Å². The van der Waals surface area contributed by atoms with Crippen molar-refractivity contribution in [3.63, 3.8) is 0 Å². The maximum Gasteiger partial charge on any atom is 0.223 e. The van der Waals surface area contributed by atoms with Crippen LogP contribution in [0.15, 0.2) is 60.7 Å². The van der Waals surface area contributed by atoms with Crippen molar-refractivity contribution >= 4 is 40.9 Å². The Bertz CT molecular complexity index is 1420. The van der Waals surface area contributed by atoms with E-state index in [1.54, 1.807) is 12.1 Å². The first-order chi connectivity index (χ1) is 18.1. The van der Waals surface area contributed by atoms with Gasteiger partial charge in [0.2, 0.25) is 5.91 Å². The highest BCUT2D eigenvalue weighted by atomic mass is 35.5. The number of nitrogens with one attached hydrogen (secondary N) is 1. The summed E-state index contributed by atoms with van der Waals surface area (Å²) in [6.07, 6.45) is 4.65. The van der Waals surface area contributed by atoms with Gasteiger partial charge in [0.15, 0.2) is 11.5 Å². The van der Waals surface area contributed by atoms with Gasteiger partial charge >= 0.3 is 0 Å². The van der Waals surface area contributed by atoms with Gasteiger partial charge in [-0.1, -0.05) is 73.0 Å². The molecule has 198 valence electrons. The van der Waals surface area contributed by atoms with E-state index in [0.717, 1.165) is 11.1 Å². The van der Waals surface area contributed by atoms with Gasteiger partial charge in [-0.25, -0.2) is 0 Å². The van der Waals surface area contributed by atoms with Crippen LogP contribution in [0.1, 0.15) is 49.4 Å². The lowest BCUT2D eigenvalue weighted by molar-refractivity contribution is -0.124. The van der Waals surface area contributed by atoms with Gasteiger partial charge in [-0.3, -0.25) is 4.79 Å². The largest absolute Gasteiger partial charge is 0.490 e. The summed E-state index contributed by atoms with van der Waals surface area (Å²) < 4.78 is 12.0. The van der Waals surface area contributed by atoms with Gasteiger partial charge < -0.3 is 19.7 Å². The Morgan fingerprint density at radius 2 is 1.84 bits per heavy atom. The van der Waals surface area contributed by atoms with Crippen molar-refractivity contribution < 1.29 is 14.3 Å². The van der Waals surface area contributed by atoms with E-state index in [1.807, 2.05) is 31.2 Å². The van der Waals surface area contributed by atoms with Crippen LogP contribution in [0.2, 0.25) is 10.0 Å². The lowest BCUT2D eigenvalue weighted by Gasteiger charge is -2.49. The molecule has 0 radical (unpaired) electrons. The highest BCUT2D eigenvalue weighted by molar-refractivity contribution is 6.35. The Morgan fingerprint density at radius 1 is 1.03 bits per heavy atom. The maximum absolute atomic E-state index is 12.7. The first-order valence-corrected chi connectivity index (χ1v) is 13.6. The molecule has 2 aliphatic rings. The van der Waals surface area contributed by atoms with Crippen molar-refractivity contribution in [2.75, 3.05) is 18.1 Å². The smallest absolute Gasteiger partial charge is 0.223 e. The summed E-state index contributed by atoms with van der Waals surface area (Å²) in [5, 5.41) is 4.48. The zero-order valence-corrected chi connectivity index (χ0v) is 23.6. The number of halogens is 2. The molecule has 38 heavy (non-hydrogen) atoms. The zero-order valence-electron chi connectivity index (χ0n) is 22.1. The Labute approximate surface area is 234 Å². The van der Waals surface area contributed by atoms with Crippen LogP contribution in [0.25, 0.3) is 6.08 Å². The molecule has 3 aromatic rings. The lowest BCUT2D eigenvalue weighted by atomic mass is 9.74. The average molecular weight is 552 g/mol. The maximum atomic E-state index is 12.7. The minimum absolute atomic E-state index is 0.0584. The molecule has 3 aromatic carbocycles. The van der Waals surface area contributed by atoms with Crippen molar-refractivity contribution in [3.8, 4) is 11.5 Å². The number of carbonyl (C=O) groups is 1. The summed E-state index contributed by atoms with van der Waals surface area (Å²) in [6, 6.07) is 17.8. The third-order valence-corrected chi connectivity index (χ3v) is 8.16. The van der Waals surface area contributed by atoms with E-state index in [2.05, 4.69) is 61.3 Å². The van der Waals surface area contributed by atoms with Crippen LogP contribution >= 0.6 is 23.2 Å². The van der Waals surface area contributed by atoms with Gasteiger partial charge in [0.25, 0.3) is 0 Å². The van der Waals surface area contributed by atoms with E-state index in [1.165, 1.54) is 16.8 Å². The SMILES string of the molecule is CCOc1cc(C=CC23NC(=O)CCN2c2ccc(C)cc2C3(C)C)ccc1OCc1ccc(Cl)cc1Cl. The summed E-state index contributed by atoms with van der Waals surface area (Å²) in [6.45, 7) is 9.91. The second-order valence-corrected chi connectivity index (χ2v) is 11.2. The fourth-order valence-electron chi connectivity index (χ4n) is 5.49. The number of ether oxygens (including phenoxy) is 2. The second kappa shape index (κ2) is 10.2. The summed E-state index contributed by atoms with van der Waals surface area (Å²) >= 11 is 12.3. The van der Waals surface area contributed by atoms with Crippen LogP contribution < -0.4 is 19.7 Å². The van der Waals surface area contributed by atoms with Crippen LogP contribution in [0.5, 0.6) is 11.5 Å². The molecular formula is C31H32Cl2N2O3. The summed E-state index contributed by atoms with van der Waals surface area (Å²) in [5.41, 5.74) is 4.39. The van der Waals surface area contributed by atoms with E-state index >= 15 is 0 Å². The Morgan fingerprint density at radius 3 is 2.61 bits per heavy atom. The van der Waals surface area contributed by atoms with Crippen LogP contribution in [0, 0.1) is 6.92 Å². The number of anilines is 1. The fraction of sp³-hybridized carbons (Fsp3) is 0.323. The fourth-order valence-corrected chi connectivity index (χ4v) is 5.96. The molecule has 1 saturated heterocycles. The van der Waals surface area contributed by atoms with E-state index in [0.29, 0.717) is 47.7 Å². The topological polar surface area (TPSA) is 50.8 Å². The van der Waals surface area contributed by atoms with E-state index in [-0.39, 0.29) is 11.3 Å². The minimum Gasteiger partial charge on any atom is -0.490 e. The molecule has 0 aliphatic carbocycles. The molecule has 0 aromatic heterocycles. The van der Waals surface area contributed by atoms with Crippen molar-refractivity contribution in [1.29, 1.82) is 0 Å². The minimum atomic E-state index is -0.676. The van der Waals surface area contributed by atoms with Crippen molar-refractivity contribution in [1.82, 2.24) is 5.32 Å². The quantitative estimate of drug-likeness (QED) is 0.335. The highest BCUT2D eigenvalue weighted by Crippen LogP contribution is 2.52. The Kier molecular flexibility index (Phi) is 7.10. The van der Waals surface area contributed by atoms with Gasteiger partial charge in [0.1, 0.15) is 12.3 Å². The number of hydrogen-bond acceptors (Lipinski definition) is 4.